The number of carbonyl (C=O) groups excluding carboxylic acids is 3. The first kappa shape index (κ1) is 32.7. The maximum atomic E-state index is 13.7. The van der Waals surface area contributed by atoms with E-state index in [1.807, 2.05) is 42.5 Å². The van der Waals surface area contributed by atoms with Crippen LogP contribution in [0.5, 0.6) is 0 Å². The van der Waals surface area contributed by atoms with Crippen molar-refractivity contribution in [3.63, 3.8) is 0 Å². The SMILES string of the molecule is COCCNCC(O)CNC(=O)[C@@H](Cc1ccc2ccccc2c1)N(C(=O)[C@@H]1CCCN1)C(=O)C(C)(C)C.Cl. The molecule has 2 aromatic carbocycles. The third kappa shape index (κ3) is 9.25. The topological polar surface area (TPSA) is 120 Å². The molecule has 0 bridgehead atoms. The fourth-order valence-corrected chi connectivity index (χ4v) is 4.56. The van der Waals surface area contributed by atoms with E-state index in [9.17, 15) is 19.5 Å². The predicted molar refractivity (Wildman–Crippen MR) is 155 cm³/mol. The number of halogens is 1. The van der Waals surface area contributed by atoms with Gasteiger partial charge in [0.1, 0.15) is 6.04 Å². The molecule has 0 spiro atoms. The van der Waals surface area contributed by atoms with Crippen LogP contribution in [-0.2, 0) is 25.5 Å². The van der Waals surface area contributed by atoms with E-state index in [1.165, 1.54) is 0 Å². The summed E-state index contributed by atoms with van der Waals surface area (Å²) < 4.78 is 4.99. The highest BCUT2D eigenvalue weighted by molar-refractivity contribution is 6.04. The van der Waals surface area contributed by atoms with Crippen molar-refractivity contribution in [2.45, 2.75) is 58.2 Å². The lowest BCUT2D eigenvalue weighted by Gasteiger charge is -2.35. The molecule has 1 fully saturated rings. The van der Waals surface area contributed by atoms with E-state index in [4.69, 9.17) is 4.74 Å². The van der Waals surface area contributed by atoms with Crippen LogP contribution in [0.4, 0.5) is 0 Å². The Hall–Kier alpha value is -2.56. The lowest BCUT2D eigenvalue weighted by Crippen LogP contribution is -2.60. The van der Waals surface area contributed by atoms with Crippen molar-refractivity contribution in [2.24, 2.45) is 5.41 Å². The van der Waals surface area contributed by atoms with Gasteiger partial charge in [0.15, 0.2) is 0 Å². The van der Waals surface area contributed by atoms with Crippen LogP contribution in [0.3, 0.4) is 0 Å². The van der Waals surface area contributed by atoms with Gasteiger partial charge in [-0.2, -0.15) is 0 Å². The van der Waals surface area contributed by atoms with Gasteiger partial charge in [-0.25, -0.2) is 0 Å². The van der Waals surface area contributed by atoms with Crippen molar-refractivity contribution in [3.8, 4) is 0 Å². The van der Waals surface area contributed by atoms with E-state index < -0.39 is 35.4 Å². The molecule has 0 aromatic heterocycles. The second kappa shape index (κ2) is 15.3. The number of methoxy groups -OCH3 is 1. The Labute approximate surface area is 237 Å². The molecule has 10 heteroatoms. The Morgan fingerprint density at radius 2 is 1.85 bits per heavy atom. The second-order valence-corrected chi connectivity index (χ2v) is 10.9. The van der Waals surface area contributed by atoms with E-state index >= 15 is 0 Å². The molecule has 216 valence electrons. The number of amides is 3. The van der Waals surface area contributed by atoms with Gasteiger partial charge in [-0.15, -0.1) is 12.4 Å². The van der Waals surface area contributed by atoms with E-state index in [-0.39, 0.29) is 37.8 Å². The quantitative estimate of drug-likeness (QED) is 0.292. The molecular formula is C29H43ClN4O5. The molecule has 1 saturated heterocycles. The number of rotatable bonds is 12. The lowest BCUT2D eigenvalue weighted by molar-refractivity contribution is -0.157. The Kier molecular flexibility index (Phi) is 12.8. The van der Waals surface area contributed by atoms with Gasteiger partial charge in [-0.1, -0.05) is 63.2 Å². The van der Waals surface area contributed by atoms with Crippen molar-refractivity contribution in [1.82, 2.24) is 20.9 Å². The lowest BCUT2D eigenvalue weighted by atomic mass is 9.91. The minimum atomic E-state index is -1.06. The molecule has 1 aliphatic heterocycles. The zero-order valence-electron chi connectivity index (χ0n) is 23.4. The normalized spacial score (nSPS) is 16.8. The molecule has 4 N–H and O–H groups in total. The number of nitrogens with zero attached hydrogens (tertiary/aromatic N) is 1. The van der Waals surface area contributed by atoms with Crippen LogP contribution in [0.25, 0.3) is 10.8 Å². The molecular weight excluding hydrogens is 520 g/mol. The smallest absolute Gasteiger partial charge is 0.247 e. The monoisotopic (exact) mass is 562 g/mol. The fourth-order valence-electron chi connectivity index (χ4n) is 4.56. The molecule has 3 atom stereocenters. The second-order valence-electron chi connectivity index (χ2n) is 10.9. The number of carbonyl (C=O) groups is 3. The summed E-state index contributed by atoms with van der Waals surface area (Å²) >= 11 is 0. The standard InChI is InChI=1S/C29H42N4O5.ClH/c1-29(2,3)28(37)33(27(36)24-10-7-13-31-24)25(26(35)32-19-23(34)18-30-14-15-38-4)17-20-11-12-21-8-5-6-9-22(21)16-20;/h5-6,8-9,11-12,16,23-25,30-31,34H,7,10,13-15,17-19H2,1-4H3,(H,32,35);1H/t23?,24-,25+;/m0./s1. The summed E-state index contributed by atoms with van der Waals surface area (Å²) in [6.45, 7) is 7.28. The number of hydrogen-bond donors (Lipinski definition) is 4. The fraction of sp³-hybridized carbons (Fsp3) is 0.552. The van der Waals surface area contributed by atoms with E-state index in [1.54, 1.807) is 27.9 Å². The van der Waals surface area contributed by atoms with Crippen molar-refractivity contribution in [1.29, 1.82) is 0 Å². The number of hydrogen-bond acceptors (Lipinski definition) is 7. The number of ether oxygens (including phenoxy) is 1. The number of fused-ring (bicyclic) bond motifs is 1. The number of aliphatic hydroxyl groups is 1. The molecule has 3 amide bonds. The van der Waals surface area contributed by atoms with Gasteiger partial charge >= 0.3 is 0 Å². The summed E-state index contributed by atoms with van der Waals surface area (Å²) in [5.41, 5.74) is -0.0365. The Morgan fingerprint density at radius 3 is 2.49 bits per heavy atom. The van der Waals surface area contributed by atoms with Crippen molar-refractivity contribution < 1.29 is 24.2 Å². The number of nitrogens with one attached hydrogen (secondary N) is 3. The Bertz CT molecular complexity index is 1100. The minimum absolute atomic E-state index is 0. The van der Waals surface area contributed by atoms with Crippen LogP contribution in [0.1, 0.15) is 39.2 Å². The summed E-state index contributed by atoms with van der Waals surface area (Å²) in [4.78, 5) is 42.2. The van der Waals surface area contributed by atoms with Crippen LogP contribution < -0.4 is 16.0 Å². The van der Waals surface area contributed by atoms with Crippen LogP contribution in [0.2, 0.25) is 0 Å². The first-order valence-corrected chi connectivity index (χ1v) is 13.4. The van der Waals surface area contributed by atoms with Gasteiger partial charge in [0.05, 0.1) is 18.8 Å². The molecule has 0 radical (unpaired) electrons. The van der Waals surface area contributed by atoms with Crippen LogP contribution in [0.15, 0.2) is 42.5 Å². The van der Waals surface area contributed by atoms with Gasteiger partial charge in [0.2, 0.25) is 17.7 Å². The molecule has 1 unspecified atom stereocenters. The maximum absolute atomic E-state index is 13.7. The third-order valence-electron chi connectivity index (χ3n) is 6.69. The molecule has 9 nitrogen and oxygen atoms in total. The molecule has 2 aromatic rings. The van der Waals surface area contributed by atoms with E-state index in [2.05, 4.69) is 16.0 Å². The summed E-state index contributed by atoms with van der Waals surface area (Å²) in [6.07, 6.45) is 0.774. The Morgan fingerprint density at radius 1 is 1.13 bits per heavy atom. The maximum Gasteiger partial charge on any atom is 0.247 e. The largest absolute Gasteiger partial charge is 0.390 e. The average molecular weight is 563 g/mol. The van der Waals surface area contributed by atoms with E-state index in [0.29, 0.717) is 26.1 Å². The molecule has 1 aliphatic rings. The first-order chi connectivity index (χ1) is 18.1. The zero-order chi connectivity index (χ0) is 27.7. The zero-order valence-corrected chi connectivity index (χ0v) is 24.2. The number of imide groups is 1. The van der Waals surface area contributed by atoms with E-state index in [0.717, 1.165) is 27.7 Å². The van der Waals surface area contributed by atoms with Gasteiger partial charge in [-0.3, -0.25) is 19.3 Å². The van der Waals surface area contributed by atoms with Crippen molar-refractivity contribution >= 4 is 40.9 Å². The third-order valence-corrected chi connectivity index (χ3v) is 6.69. The minimum Gasteiger partial charge on any atom is -0.390 e. The molecule has 0 aliphatic carbocycles. The van der Waals surface area contributed by atoms with Crippen LogP contribution >= 0.6 is 12.4 Å². The first-order valence-electron chi connectivity index (χ1n) is 13.4. The summed E-state index contributed by atoms with van der Waals surface area (Å²) in [7, 11) is 1.60. The highest BCUT2D eigenvalue weighted by Crippen LogP contribution is 2.25. The number of aliphatic hydroxyl groups excluding tert-OH is 1. The molecule has 3 rings (SSSR count). The number of benzene rings is 2. The summed E-state index contributed by atoms with van der Waals surface area (Å²) in [5, 5.41) is 21.5. The van der Waals surface area contributed by atoms with Gasteiger partial charge in [0, 0.05) is 38.6 Å². The van der Waals surface area contributed by atoms with Crippen LogP contribution in [0, 0.1) is 5.41 Å². The Balaban J connectivity index is 0.00000533. The highest BCUT2D eigenvalue weighted by Gasteiger charge is 2.42. The van der Waals surface area contributed by atoms with Gasteiger partial charge in [0.25, 0.3) is 0 Å². The summed E-state index contributed by atoms with van der Waals surface area (Å²) in [5.74, 6) is -1.26. The molecule has 0 saturated carbocycles. The average Bonchev–Trinajstić information content (AvgIpc) is 3.44. The molecule has 1 heterocycles. The highest BCUT2D eigenvalue weighted by atomic mass is 35.5. The van der Waals surface area contributed by atoms with Crippen molar-refractivity contribution in [2.75, 3.05) is 39.9 Å². The predicted octanol–water partition coefficient (Wildman–Crippen LogP) is 2.04. The summed E-state index contributed by atoms with van der Waals surface area (Å²) in [6, 6.07) is 12.2. The van der Waals surface area contributed by atoms with Gasteiger partial charge in [-0.05, 0) is 35.7 Å². The van der Waals surface area contributed by atoms with Crippen LogP contribution in [-0.4, -0.2) is 85.8 Å². The van der Waals surface area contributed by atoms with Crippen molar-refractivity contribution in [3.05, 3.63) is 48.0 Å². The molecule has 39 heavy (non-hydrogen) atoms. The van der Waals surface area contributed by atoms with Gasteiger partial charge < -0.3 is 25.8 Å².